The van der Waals surface area contributed by atoms with E-state index in [1.54, 1.807) is 0 Å². The molecule has 1 aliphatic rings. The highest BCUT2D eigenvalue weighted by molar-refractivity contribution is 14.0. The zero-order chi connectivity index (χ0) is 22.3. The number of nitrogens with zero attached hydrogens (tertiary/aromatic N) is 1. The average molecular weight is 556 g/mol. The number of aliphatic imine (C=N–C) groups is 1. The number of anilines is 1. The fourth-order valence-corrected chi connectivity index (χ4v) is 3.26. The molecule has 3 N–H and O–H groups in total. The van der Waals surface area contributed by atoms with Gasteiger partial charge in [0.05, 0.1) is 18.7 Å². The lowest BCUT2D eigenvalue weighted by atomic mass is 9.91. The van der Waals surface area contributed by atoms with E-state index < -0.39 is 11.7 Å². The molecular formula is C23H24F3IN4O. The largest absolute Gasteiger partial charge is 0.416 e. The number of carbonyl (C=O) groups is 1. The normalized spacial score (nSPS) is 15.4. The van der Waals surface area contributed by atoms with Crippen LogP contribution in [-0.2, 0) is 11.0 Å². The van der Waals surface area contributed by atoms with Gasteiger partial charge in [0.1, 0.15) is 0 Å². The Kier molecular flexibility index (Phi) is 9.38. The average Bonchev–Trinajstić information content (AvgIpc) is 2.74. The van der Waals surface area contributed by atoms with E-state index in [0.717, 1.165) is 23.4 Å². The van der Waals surface area contributed by atoms with Crippen LogP contribution in [0.25, 0.3) is 0 Å². The third-order valence-electron chi connectivity index (χ3n) is 4.69. The van der Waals surface area contributed by atoms with E-state index in [9.17, 15) is 18.0 Å². The molecule has 0 spiro atoms. The van der Waals surface area contributed by atoms with E-state index in [2.05, 4.69) is 32.8 Å². The Hall–Kier alpha value is -2.74. The van der Waals surface area contributed by atoms with Gasteiger partial charge in [-0.15, -0.1) is 24.0 Å². The highest BCUT2D eigenvalue weighted by atomic mass is 127. The maximum atomic E-state index is 12.8. The first-order chi connectivity index (χ1) is 14.9. The van der Waals surface area contributed by atoms with Crippen LogP contribution in [0, 0.1) is 11.8 Å². The van der Waals surface area contributed by atoms with Crippen LogP contribution < -0.4 is 16.0 Å². The fourth-order valence-electron chi connectivity index (χ4n) is 3.26. The summed E-state index contributed by atoms with van der Waals surface area (Å²) in [6.45, 7) is 3.19. The van der Waals surface area contributed by atoms with Crippen LogP contribution in [0.3, 0.4) is 0 Å². The van der Waals surface area contributed by atoms with Gasteiger partial charge in [0.25, 0.3) is 0 Å². The van der Waals surface area contributed by atoms with Crippen LogP contribution in [0.1, 0.15) is 36.0 Å². The van der Waals surface area contributed by atoms with Gasteiger partial charge in [-0.05, 0) is 36.8 Å². The monoisotopic (exact) mass is 556 g/mol. The molecule has 0 bridgehead atoms. The number of para-hydroxylation sites is 1. The number of halogens is 4. The smallest absolute Gasteiger partial charge is 0.357 e. The minimum atomic E-state index is -4.39. The molecule has 1 amide bonds. The number of fused-ring (bicyclic) bond motifs is 1. The first-order valence-electron chi connectivity index (χ1n) is 9.94. The summed E-state index contributed by atoms with van der Waals surface area (Å²) in [5, 5.41) is 9.03. The van der Waals surface area contributed by atoms with Crippen LogP contribution in [0.5, 0.6) is 0 Å². The van der Waals surface area contributed by atoms with Crippen LogP contribution in [-0.4, -0.2) is 31.5 Å². The molecule has 0 radical (unpaired) electrons. The van der Waals surface area contributed by atoms with Crippen LogP contribution >= 0.6 is 24.0 Å². The van der Waals surface area contributed by atoms with Gasteiger partial charge >= 0.3 is 6.18 Å². The van der Waals surface area contributed by atoms with Crippen molar-refractivity contribution >= 4 is 41.5 Å². The maximum absolute atomic E-state index is 12.8. The van der Waals surface area contributed by atoms with Crippen molar-refractivity contribution in [3.63, 3.8) is 0 Å². The second-order valence-electron chi connectivity index (χ2n) is 6.99. The minimum Gasteiger partial charge on any atom is -0.357 e. The first-order valence-corrected chi connectivity index (χ1v) is 9.94. The molecule has 0 aromatic heterocycles. The third kappa shape index (κ3) is 7.15. The van der Waals surface area contributed by atoms with Gasteiger partial charge in [0.2, 0.25) is 5.91 Å². The van der Waals surface area contributed by atoms with Crippen LogP contribution in [0.4, 0.5) is 18.9 Å². The van der Waals surface area contributed by atoms with Crippen molar-refractivity contribution in [1.29, 1.82) is 0 Å². The van der Waals surface area contributed by atoms with Crippen LogP contribution in [0.15, 0.2) is 53.5 Å². The SMILES string of the molecule is CCNC(=NCC1CC(=O)Nc2ccccc21)NCC#Cc1cccc(C(F)(F)F)c1.I. The van der Waals surface area contributed by atoms with Crippen molar-refractivity contribution in [3.05, 3.63) is 65.2 Å². The van der Waals surface area contributed by atoms with Crippen molar-refractivity contribution in [3.8, 4) is 11.8 Å². The zero-order valence-electron chi connectivity index (χ0n) is 17.4. The highest BCUT2D eigenvalue weighted by Gasteiger charge is 2.30. The molecule has 1 aliphatic heterocycles. The number of rotatable bonds is 4. The number of nitrogens with one attached hydrogen (secondary N) is 3. The van der Waals surface area contributed by atoms with Gasteiger partial charge in [0.15, 0.2) is 5.96 Å². The quantitative estimate of drug-likeness (QED) is 0.227. The third-order valence-corrected chi connectivity index (χ3v) is 4.69. The number of hydrogen-bond donors (Lipinski definition) is 3. The Labute approximate surface area is 202 Å². The molecule has 3 rings (SSSR count). The number of carbonyl (C=O) groups excluding carboxylic acids is 1. The predicted molar refractivity (Wildman–Crippen MR) is 130 cm³/mol. The summed E-state index contributed by atoms with van der Waals surface area (Å²) in [5.41, 5.74) is 1.43. The number of alkyl halides is 3. The Morgan fingerprint density at radius 1 is 1.19 bits per heavy atom. The van der Waals surface area contributed by atoms with Gasteiger partial charge < -0.3 is 16.0 Å². The standard InChI is InChI=1S/C23H23F3N4O.HI/c1-2-27-22(28-12-6-8-16-7-5-9-18(13-16)23(24,25)26)29-15-17-14-21(31)30-20-11-4-3-10-19(17)20;/h3-5,7,9-11,13,17H,2,12,14-15H2,1H3,(H,30,31)(H2,27,28,29);1H. The highest BCUT2D eigenvalue weighted by Crippen LogP contribution is 2.32. The van der Waals surface area contributed by atoms with E-state index in [4.69, 9.17) is 0 Å². The summed E-state index contributed by atoms with van der Waals surface area (Å²) < 4.78 is 38.4. The molecule has 0 saturated heterocycles. The van der Waals surface area contributed by atoms with Crippen molar-refractivity contribution in [2.45, 2.75) is 25.4 Å². The second-order valence-corrected chi connectivity index (χ2v) is 6.99. The molecule has 0 saturated carbocycles. The molecule has 1 unspecified atom stereocenters. The van der Waals surface area contributed by atoms with Gasteiger partial charge in [-0.25, -0.2) is 0 Å². The van der Waals surface area contributed by atoms with Gasteiger partial charge in [-0.1, -0.05) is 36.1 Å². The van der Waals surface area contributed by atoms with Gasteiger partial charge in [-0.2, -0.15) is 13.2 Å². The summed E-state index contributed by atoms with van der Waals surface area (Å²) in [6, 6.07) is 12.6. The van der Waals surface area contributed by atoms with Crippen molar-refractivity contribution in [1.82, 2.24) is 10.6 Å². The Morgan fingerprint density at radius 3 is 2.72 bits per heavy atom. The van der Waals surface area contributed by atoms with Crippen LogP contribution in [0.2, 0.25) is 0 Å². The number of guanidine groups is 1. The Balaban J connectivity index is 0.00000363. The molecule has 1 atom stereocenters. The summed E-state index contributed by atoms with van der Waals surface area (Å²) in [4.78, 5) is 16.5. The fraction of sp³-hybridized carbons (Fsp3) is 0.304. The Morgan fingerprint density at radius 2 is 1.97 bits per heavy atom. The van der Waals surface area contributed by atoms with E-state index in [1.165, 1.54) is 12.1 Å². The number of amides is 1. The maximum Gasteiger partial charge on any atom is 0.416 e. The first kappa shape index (κ1) is 25.5. The van der Waals surface area contributed by atoms with Gasteiger partial charge in [-0.3, -0.25) is 9.79 Å². The van der Waals surface area contributed by atoms with Crippen molar-refractivity contribution < 1.29 is 18.0 Å². The number of hydrogen-bond acceptors (Lipinski definition) is 2. The zero-order valence-corrected chi connectivity index (χ0v) is 19.8. The summed E-state index contributed by atoms with van der Waals surface area (Å²) in [7, 11) is 0. The van der Waals surface area contributed by atoms with E-state index in [0.29, 0.717) is 31.0 Å². The topological polar surface area (TPSA) is 65.5 Å². The van der Waals surface area contributed by atoms with Gasteiger partial charge in [0, 0.05) is 30.1 Å². The molecule has 0 aliphatic carbocycles. The molecule has 0 fully saturated rings. The molecule has 2 aromatic carbocycles. The summed E-state index contributed by atoms with van der Waals surface area (Å²) >= 11 is 0. The molecule has 2 aromatic rings. The van der Waals surface area contributed by atoms with E-state index in [1.807, 2.05) is 31.2 Å². The lowest BCUT2D eigenvalue weighted by Gasteiger charge is -2.24. The van der Waals surface area contributed by atoms with E-state index in [-0.39, 0.29) is 42.3 Å². The second kappa shape index (κ2) is 11.8. The Bertz CT molecular complexity index is 1030. The molecule has 9 heteroatoms. The summed E-state index contributed by atoms with van der Waals surface area (Å²) in [6.07, 6.45) is -4.04. The summed E-state index contributed by atoms with van der Waals surface area (Å²) in [5.74, 6) is 6.01. The van der Waals surface area contributed by atoms with Crippen molar-refractivity contribution in [2.75, 3.05) is 25.0 Å². The number of benzene rings is 2. The molecule has 32 heavy (non-hydrogen) atoms. The van der Waals surface area contributed by atoms with Crippen molar-refractivity contribution in [2.24, 2.45) is 4.99 Å². The predicted octanol–water partition coefficient (Wildman–Crippen LogP) is 4.36. The minimum absolute atomic E-state index is 0. The molecule has 170 valence electrons. The lowest BCUT2D eigenvalue weighted by Crippen LogP contribution is -2.38. The lowest BCUT2D eigenvalue weighted by molar-refractivity contribution is -0.137. The molecule has 5 nitrogen and oxygen atoms in total. The molecular weight excluding hydrogens is 532 g/mol. The molecule has 1 heterocycles. The van der Waals surface area contributed by atoms with E-state index >= 15 is 0 Å².